The lowest BCUT2D eigenvalue weighted by Crippen LogP contribution is -2.24. The molecule has 1 aromatic heterocycles. The van der Waals surface area contributed by atoms with Gasteiger partial charge in [0.1, 0.15) is 11.2 Å². The van der Waals surface area contributed by atoms with Gasteiger partial charge in [0.2, 0.25) is 0 Å². The fourth-order valence-corrected chi connectivity index (χ4v) is 2.99. The van der Waals surface area contributed by atoms with Crippen LogP contribution >= 0.6 is 0 Å². The summed E-state index contributed by atoms with van der Waals surface area (Å²) in [5.41, 5.74) is 4.76. The van der Waals surface area contributed by atoms with Gasteiger partial charge in [0.25, 0.3) is 0 Å². The van der Waals surface area contributed by atoms with Crippen LogP contribution in [0.1, 0.15) is 12.0 Å². The monoisotopic (exact) mass is 237 g/mol. The van der Waals surface area contributed by atoms with Gasteiger partial charge in [-0.3, -0.25) is 0 Å². The molecule has 2 heteroatoms. The molecule has 0 bridgehead atoms. The van der Waals surface area contributed by atoms with Crippen LogP contribution in [0.5, 0.6) is 0 Å². The summed E-state index contributed by atoms with van der Waals surface area (Å²) in [6, 6.07) is 12.8. The minimum absolute atomic E-state index is 0.984. The highest BCUT2D eigenvalue weighted by atomic mass is 16.3. The van der Waals surface area contributed by atoms with Crippen LogP contribution in [0.3, 0.4) is 0 Å². The number of aryl methyl sites for hydroxylation is 1. The average Bonchev–Trinajstić information content (AvgIpc) is 2.75. The molecule has 90 valence electrons. The molecule has 0 N–H and O–H groups in total. The maximum absolute atomic E-state index is 5.94. The summed E-state index contributed by atoms with van der Waals surface area (Å²) >= 11 is 0. The van der Waals surface area contributed by atoms with Gasteiger partial charge in [0.05, 0.1) is 0 Å². The Hall–Kier alpha value is -1.96. The van der Waals surface area contributed by atoms with Crippen LogP contribution < -0.4 is 4.90 Å². The van der Waals surface area contributed by atoms with Crippen molar-refractivity contribution in [3.63, 3.8) is 0 Å². The van der Waals surface area contributed by atoms with Gasteiger partial charge >= 0.3 is 0 Å². The second-order valence-corrected chi connectivity index (χ2v) is 5.10. The van der Waals surface area contributed by atoms with Crippen molar-refractivity contribution in [2.45, 2.75) is 12.8 Å². The standard InChI is InChI=1S/C16H15NO/c1-17-8-4-5-11-9-13-12-6-2-3-7-15(12)18-16(13)10-14(11)17/h2-3,6-7,9-10H,4-5,8H2,1H3. The fraction of sp³-hybridized carbons (Fsp3) is 0.250. The number of rotatable bonds is 0. The van der Waals surface area contributed by atoms with E-state index in [4.69, 9.17) is 4.42 Å². The van der Waals surface area contributed by atoms with E-state index in [1.807, 2.05) is 12.1 Å². The molecular weight excluding hydrogens is 222 g/mol. The summed E-state index contributed by atoms with van der Waals surface area (Å²) < 4.78 is 5.94. The SMILES string of the molecule is CN1CCCc2cc3c(cc21)oc1ccccc13. The molecule has 0 unspecified atom stereocenters. The molecule has 3 aromatic rings. The van der Waals surface area contributed by atoms with Crippen LogP contribution in [0.4, 0.5) is 5.69 Å². The summed E-state index contributed by atoms with van der Waals surface area (Å²) in [5.74, 6) is 0. The van der Waals surface area contributed by atoms with Gasteiger partial charge in [0.15, 0.2) is 0 Å². The molecular formula is C16H15NO. The number of benzene rings is 2. The van der Waals surface area contributed by atoms with Crippen molar-refractivity contribution >= 4 is 27.6 Å². The van der Waals surface area contributed by atoms with Crippen LogP contribution in [0.15, 0.2) is 40.8 Å². The zero-order chi connectivity index (χ0) is 12.1. The van der Waals surface area contributed by atoms with E-state index >= 15 is 0 Å². The molecule has 2 nitrogen and oxygen atoms in total. The van der Waals surface area contributed by atoms with Gasteiger partial charge in [0, 0.05) is 36.1 Å². The first-order chi connectivity index (χ1) is 8.83. The molecule has 18 heavy (non-hydrogen) atoms. The molecule has 1 aliphatic rings. The molecule has 0 amide bonds. The maximum atomic E-state index is 5.94. The van der Waals surface area contributed by atoms with E-state index in [2.05, 4.69) is 36.2 Å². The normalized spacial score (nSPS) is 15.3. The second kappa shape index (κ2) is 3.52. The largest absolute Gasteiger partial charge is 0.456 e. The van der Waals surface area contributed by atoms with Gasteiger partial charge in [-0.2, -0.15) is 0 Å². The molecule has 0 fully saturated rings. The molecule has 0 saturated carbocycles. The summed E-state index contributed by atoms with van der Waals surface area (Å²) in [6.45, 7) is 1.14. The number of nitrogens with zero attached hydrogens (tertiary/aromatic N) is 1. The van der Waals surface area contributed by atoms with Crippen molar-refractivity contribution in [3.8, 4) is 0 Å². The van der Waals surface area contributed by atoms with E-state index in [1.165, 1.54) is 34.9 Å². The molecule has 0 saturated heterocycles. The highest BCUT2D eigenvalue weighted by Crippen LogP contribution is 2.35. The molecule has 2 heterocycles. The lowest BCUT2D eigenvalue weighted by atomic mass is 9.99. The number of hydrogen-bond acceptors (Lipinski definition) is 2. The van der Waals surface area contributed by atoms with Crippen LogP contribution in [0.2, 0.25) is 0 Å². The van der Waals surface area contributed by atoms with E-state index in [0.717, 1.165) is 17.7 Å². The Labute approximate surface area is 106 Å². The van der Waals surface area contributed by atoms with Gasteiger partial charge in [-0.1, -0.05) is 18.2 Å². The second-order valence-electron chi connectivity index (χ2n) is 5.10. The first-order valence-electron chi connectivity index (χ1n) is 6.48. The highest BCUT2D eigenvalue weighted by Gasteiger charge is 2.17. The number of anilines is 1. The molecule has 0 atom stereocenters. The molecule has 2 aromatic carbocycles. The summed E-state index contributed by atoms with van der Waals surface area (Å²) in [7, 11) is 2.16. The quantitative estimate of drug-likeness (QED) is 0.588. The van der Waals surface area contributed by atoms with Crippen molar-refractivity contribution < 1.29 is 4.42 Å². The van der Waals surface area contributed by atoms with Crippen molar-refractivity contribution in [2.24, 2.45) is 0 Å². The Kier molecular flexibility index (Phi) is 1.95. The van der Waals surface area contributed by atoms with E-state index in [-0.39, 0.29) is 0 Å². The zero-order valence-corrected chi connectivity index (χ0v) is 10.4. The Morgan fingerprint density at radius 2 is 1.94 bits per heavy atom. The van der Waals surface area contributed by atoms with Crippen molar-refractivity contribution in [1.29, 1.82) is 0 Å². The summed E-state index contributed by atoms with van der Waals surface area (Å²) in [4.78, 5) is 2.32. The van der Waals surface area contributed by atoms with Gasteiger partial charge < -0.3 is 9.32 Å². The van der Waals surface area contributed by atoms with E-state index in [1.54, 1.807) is 0 Å². The predicted octanol–water partition coefficient (Wildman–Crippen LogP) is 3.97. The van der Waals surface area contributed by atoms with E-state index in [9.17, 15) is 0 Å². The lowest BCUT2D eigenvalue weighted by molar-refractivity contribution is 0.667. The molecule has 1 aliphatic heterocycles. The number of furan rings is 1. The fourth-order valence-electron chi connectivity index (χ4n) is 2.99. The summed E-state index contributed by atoms with van der Waals surface area (Å²) in [6.07, 6.45) is 2.42. The smallest absolute Gasteiger partial charge is 0.137 e. The maximum Gasteiger partial charge on any atom is 0.137 e. The van der Waals surface area contributed by atoms with Crippen molar-refractivity contribution in [2.75, 3.05) is 18.5 Å². The third-order valence-electron chi connectivity index (χ3n) is 3.93. The molecule has 0 aliphatic carbocycles. The van der Waals surface area contributed by atoms with Crippen LogP contribution in [0.25, 0.3) is 21.9 Å². The average molecular weight is 237 g/mol. The lowest BCUT2D eigenvalue weighted by Gasteiger charge is -2.27. The van der Waals surface area contributed by atoms with E-state index < -0.39 is 0 Å². The topological polar surface area (TPSA) is 16.4 Å². The molecule has 0 radical (unpaired) electrons. The highest BCUT2D eigenvalue weighted by molar-refractivity contribution is 6.06. The third-order valence-corrected chi connectivity index (χ3v) is 3.93. The van der Waals surface area contributed by atoms with Crippen molar-refractivity contribution in [3.05, 3.63) is 42.0 Å². The number of fused-ring (bicyclic) bond motifs is 4. The Morgan fingerprint density at radius 1 is 1.06 bits per heavy atom. The molecule has 4 rings (SSSR count). The Balaban J connectivity index is 2.10. The zero-order valence-electron chi connectivity index (χ0n) is 10.4. The Morgan fingerprint density at radius 3 is 2.89 bits per heavy atom. The van der Waals surface area contributed by atoms with Crippen LogP contribution in [-0.4, -0.2) is 13.6 Å². The minimum Gasteiger partial charge on any atom is -0.456 e. The minimum atomic E-state index is 0.984. The number of para-hydroxylation sites is 1. The van der Waals surface area contributed by atoms with Crippen LogP contribution in [-0.2, 0) is 6.42 Å². The van der Waals surface area contributed by atoms with Crippen molar-refractivity contribution in [1.82, 2.24) is 0 Å². The predicted molar refractivity (Wildman–Crippen MR) is 75.3 cm³/mol. The first-order valence-corrected chi connectivity index (χ1v) is 6.48. The van der Waals surface area contributed by atoms with Gasteiger partial charge in [-0.25, -0.2) is 0 Å². The van der Waals surface area contributed by atoms with Gasteiger partial charge in [-0.05, 0) is 30.5 Å². The van der Waals surface area contributed by atoms with Gasteiger partial charge in [-0.15, -0.1) is 0 Å². The van der Waals surface area contributed by atoms with Crippen LogP contribution in [0, 0.1) is 0 Å². The van der Waals surface area contributed by atoms with E-state index in [0.29, 0.717) is 0 Å². The third kappa shape index (κ3) is 1.29. The number of hydrogen-bond donors (Lipinski definition) is 0. The first kappa shape index (κ1) is 10.0. The molecule has 0 spiro atoms. The Bertz CT molecular complexity index is 741. The summed E-state index contributed by atoms with van der Waals surface area (Å²) in [5, 5.41) is 2.48.